The van der Waals surface area contributed by atoms with Gasteiger partial charge in [-0.25, -0.2) is 0 Å². The molecule has 110 valence electrons. The number of hydrogen-bond donors (Lipinski definition) is 1. The molecule has 0 bridgehead atoms. The summed E-state index contributed by atoms with van der Waals surface area (Å²) >= 11 is 0. The molecule has 0 spiro atoms. The molecule has 0 saturated heterocycles. The third-order valence-electron chi connectivity index (χ3n) is 2.63. The molecule has 0 unspecified atom stereocenters. The zero-order valence-corrected chi connectivity index (χ0v) is 11.1. The first kappa shape index (κ1) is 14.8. The fraction of sp³-hybridized carbons (Fsp3) is 0.143. The third-order valence-corrected chi connectivity index (χ3v) is 2.63. The summed E-state index contributed by atoms with van der Waals surface area (Å²) in [6, 6.07) is 11.4. The minimum absolute atomic E-state index is 0.323. The van der Waals surface area contributed by atoms with Gasteiger partial charge in [0.05, 0.1) is 24.0 Å². The van der Waals surface area contributed by atoms with Crippen molar-refractivity contribution in [2.75, 3.05) is 12.5 Å². The SMILES string of the molecule is COc1ccc(NN=Nc2ccc(C(F)(F)F)cc2)cc1. The van der Waals surface area contributed by atoms with Crippen LogP contribution in [0.4, 0.5) is 24.5 Å². The van der Waals surface area contributed by atoms with E-state index in [9.17, 15) is 13.2 Å². The van der Waals surface area contributed by atoms with Gasteiger partial charge in [-0.1, -0.05) is 5.22 Å². The van der Waals surface area contributed by atoms with Crippen LogP contribution in [0.25, 0.3) is 0 Å². The average molecular weight is 295 g/mol. The number of nitrogens with one attached hydrogen (secondary N) is 1. The number of halogens is 3. The highest BCUT2D eigenvalue weighted by atomic mass is 19.4. The Morgan fingerprint density at radius 3 is 2.10 bits per heavy atom. The lowest BCUT2D eigenvalue weighted by Crippen LogP contribution is -2.03. The van der Waals surface area contributed by atoms with Crippen molar-refractivity contribution in [3.05, 3.63) is 54.1 Å². The zero-order chi connectivity index (χ0) is 15.3. The number of ether oxygens (including phenoxy) is 1. The Hall–Kier alpha value is -2.57. The van der Waals surface area contributed by atoms with Crippen molar-refractivity contribution >= 4 is 11.4 Å². The van der Waals surface area contributed by atoms with Crippen LogP contribution < -0.4 is 10.2 Å². The number of anilines is 1. The molecule has 2 aromatic rings. The Bertz CT molecular complexity index is 607. The molecule has 2 aromatic carbocycles. The molecule has 1 N–H and O–H groups in total. The lowest BCUT2D eigenvalue weighted by molar-refractivity contribution is -0.137. The summed E-state index contributed by atoms with van der Waals surface area (Å²) in [6.45, 7) is 0. The molecular formula is C14H12F3N3O. The van der Waals surface area contributed by atoms with E-state index in [0.717, 1.165) is 12.1 Å². The Kier molecular flexibility index (Phi) is 4.42. The van der Waals surface area contributed by atoms with Gasteiger partial charge in [0.2, 0.25) is 0 Å². The molecule has 0 radical (unpaired) electrons. The van der Waals surface area contributed by atoms with Crippen LogP contribution in [-0.4, -0.2) is 7.11 Å². The summed E-state index contributed by atoms with van der Waals surface area (Å²) < 4.78 is 42.1. The van der Waals surface area contributed by atoms with Gasteiger partial charge in [0.1, 0.15) is 5.75 Å². The van der Waals surface area contributed by atoms with Gasteiger partial charge >= 0.3 is 6.18 Å². The van der Waals surface area contributed by atoms with Gasteiger partial charge in [0.15, 0.2) is 0 Å². The maximum atomic E-state index is 12.4. The molecule has 0 fully saturated rings. The molecular weight excluding hydrogens is 283 g/mol. The molecule has 7 heteroatoms. The quantitative estimate of drug-likeness (QED) is 0.649. The summed E-state index contributed by atoms with van der Waals surface area (Å²) in [7, 11) is 1.56. The molecule has 4 nitrogen and oxygen atoms in total. The number of benzene rings is 2. The molecule has 0 aliphatic carbocycles. The van der Waals surface area contributed by atoms with Crippen molar-refractivity contribution in [3.8, 4) is 5.75 Å². The van der Waals surface area contributed by atoms with E-state index < -0.39 is 11.7 Å². The van der Waals surface area contributed by atoms with Crippen LogP contribution in [0.5, 0.6) is 5.75 Å². The fourth-order valence-corrected chi connectivity index (χ4v) is 1.52. The molecule has 21 heavy (non-hydrogen) atoms. The minimum Gasteiger partial charge on any atom is -0.497 e. The molecule has 0 saturated carbocycles. The van der Waals surface area contributed by atoms with Gasteiger partial charge < -0.3 is 4.74 Å². The standard InChI is InChI=1S/C14H12F3N3O/c1-21-13-8-6-12(7-9-13)19-20-18-11-4-2-10(3-5-11)14(15,16)17/h2-9H,1H3,(H,18,19). The van der Waals surface area contributed by atoms with E-state index in [2.05, 4.69) is 15.8 Å². The van der Waals surface area contributed by atoms with Crippen LogP contribution >= 0.6 is 0 Å². The molecule has 0 amide bonds. The summed E-state index contributed by atoms with van der Waals surface area (Å²) in [5.41, 5.74) is 2.96. The van der Waals surface area contributed by atoms with Gasteiger partial charge in [-0.05, 0) is 48.5 Å². The number of hydrogen-bond acceptors (Lipinski definition) is 3. The lowest BCUT2D eigenvalue weighted by atomic mass is 10.2. The first-order valence-corrected chi connectivity index (χ1v) is 5.97. The third kappa shape index (κ3) is 4.20. The highest BCUT2D eigenvalue weighted by Gasteiger charge is 2.29. The predicted octanol–water partition coefficient (Wildman–Crippen LogP) is 4.82. The van der Waals surface area contributed by atoms with Gasteiger partial charge in [-0.2, -0.15) is 13.2 Å². The second-order valence-electron chi connectivity index (χ2n) is 4.08. The number of rotatable bonds is 4. The summed E-state index contributed by atoms with van der Waals surface area (Å²) in [6.07, 6.45) is -4.35. The highest BCUT2D eigenvalue weighted by Crippen LogP contribution is 2.30. The fourth-order valence-electron chi connectivity index (χ4n) is 1.52. The van der Waals surface area contributed by atoms with E-state index in [1.54, 1.807) is 31.4 Å². The van der Waals surface area contributed by atoms with Crippen LogP contribution in [0.2, 0.25) is 0 Å². The molecule has 0 aliphatic rings. The van der Waals surface area contributed by atoms with Gasteiger partial charge in [0, 0.05) is 0 Å². The Morgan fingerprint density at radius 2 is 1.57 bits per heavy atom. The average Bonchev–Trinajstić information content (AvgIpc) is 2.47. The van der Waals surface area contributed by atoms with E-state index in [1.807, 2.05) is 0 Å². The Balaban J connectivity index is 1.97. The van der Waals surface area contributed by atoms with Crippen LogP contribution in [0.15, 0.2) is 58.9 Å². The summed E-state index contributed by atoms with van der Waals surface area (Å²) in [5, 5.41) is 7.49. The molecule has 0 aromatic heterocycles. The van der Waals surface area contributed by atoms with Gasteiger partial charge in [-0.15, -0.1) is 5.11 Å². The largest absolute Gasteiger partial charge is 0.497 e. The normalized spacial score (nSPS) is 11.6. The van der Waals surface area contributed by atoms with Crippen molar-refractivity contribution < 1.29 is 17.9 Å². The van der Waals surface area contributed by atoms with E-state index in [1.165, 1.54) is 12.1 Å². The van der Waals surface area contributed by atoms with Crippen LogP contribution in [0, 0.1) is 0 Å². The minimum atomic E-state index is -4.35. The van der Waals surface area contributed by atoms with Gasteiger partial charge in [-0.3, -0.25) is 5.43 Å². The second-order valence-corrected chi connectivity index (χ2v) is 4.08. The highest BCUT2D eigenvalue weighted by molar-refractivity contribution is 5.46. The van der Waals surface area contributed by atoms with E-state index >= 15 is 0 Å². The number of nitrogens with zero attached hydrogens (tertiary/aromatic N) is 2. The topological polar surface area (TPSA) is 46.0 Å². The van der Waals surface area contributed by atoms with Crippen LogP contribution in [0.1, 0.15) is 5.56 Å². The zero-order valence-electron chi connectivity index (χ0n) is 11.1. The van der Waals surface area contributed by atoms with E-state index in [4.69, 9.17) is 4.74 Å². The molecule has 2 rings (SSSR count). The van der Waals surface area contributed by atoms with Crippen molar-refractivity contribution in [3.63, 3.8) is 0 Å². The van der Waals surface area contributed by atoms with Gasteiger partial charge in [0.25, 0.3) is 0 Å². The second kappa shape index (κ2) is 6.25. The number of methoxy groups -OCH3 is 1. The molecule has 0 heterocycles. The predicted molar refractivity (Wildman–Crippen MR) is 72.6 cm³/mol. The Morgan fingerprint density at radius 1 is 0.952 bits per heavy atom. The number of alkyl halides is 3. The lowest BCUT2D eigenvalue weighted by Gasteiger charge is -2.05. The molecule has 0 atom stereocenters. The van der Waals surface area contributed by atoms with Crippen molar-refractivity contribution in [1.82, 2.24) is 0 Å². The summed E-state index contributed by atoms with van der Waals surface area (Å²) in [4.78, 5) is 0. The molecule has 0 aliphatic heterocycles. The Labute approximate surface area is 119 Å². The van der Waals surface area contributed by atoms with Crippen molar-refractivity contribution in [2.24, 2.45) is 10.3 Å². The van der Waals surface area contributed by atoms with E-state index in [-0.39, 0.29) is 0 Å². The first-order valence-electron chi connectivity index (χ1n) is 5.97. The van der Waals surface area contributed by atoms with Crippen LogP contribution in [-0.2, 0) is 6.18 Å². The van der Waals surface area contributed by atoms with Crippen LogP contribution in [0.3, 0.4) is 0 Å². The maximum absolute atomic E-state index is 12.4. The van der Waals surface area contributed by atoms with Crippen molar-refractivity contribution in [1.29, 1.82) is 0 Å². The summed E-state index contributed by atoms with van der Waals surface area (Å²) in [5.74, 6) is 0.709. The smallest absolute Gasteiger partial charge is 0.416 e. The van der Waals surface area contributed by atoms with Crippen molar-refractivity contribution in [2.45, 2.75) is 6.18 Å². The maximum Gasteiger partial charge on any atom is 0.416 e. The monoisotopic (exact) mass is 295 g/mol. The van der Waals surface area contributed by atoms with E-state index in [0.29, 0.717) is 17.1 Å². The first-order chi connectivity index (χ1) is 9.99.